The molecule has 0 aliphatic carbocycles. The van der Waals surface area contributed by atoms with Gasteiger partial charge in [-0.2, -0.15) is 0 Å². The summed E-state index contributed by atoms with van der Waals surface area (Å²) in [7, 11) is 3.56. The summed E-state index contributed by atoms with van der Waals surface area (Å²) in [4.78, 5) is 27.5. The van der Waals surface area contributed by atoms with Crippen molar-refractivity contribution >= 4 is 23.6 Å². The molecular weight excluding hydrogens is 338 g/mol. The number of rotatable bonds is 8. The van der Waals surface area contributed by atoms with E-state index in [2.05, 4.69) is 10.6 Å². The Balaban J connectivity index is 1.93. The van der Waals surface area contributed by atoms with Crippen LogP contribution >= 0.6 is 11.8 Å². The molecule has 25 heavy (non-hydrogen) atoms. The maximum atomic E-state index is 12.8. The molecule has 1 aromatic rings. The molecule has 1 aliphatic rings. The smallest absolute Gasteiger partial charge is 0.254 e. The number of hydrogen-bond acceptors (Lipinski definition) is 5. The fraction of sp³-hybridized carbons (Fsp3) is 0.556. The van der Waals surface area contributed by atoms with Crippen LogP contribution in [0.15, 0.2) is 29.2 Å². The van der Waals surface area contributed by atoms with E-state index in [1.54, 1.807) is 7.11 Å². The van der Waals surface area contributed by atoms with Crippen molar-refractivity contribution in [1.82, 2.24) is 15.5 Å². The summed E-state index contributed by atoms with van der Waals surface area (Å²) < 4.78 is 4.91. The first-order valence-corrected chi connectivity index (χ1v) is 9.58. The summed E-state index contributed by atoms with van der Waals surface area (Å²) >= 11 is 1.40. The Morgan fingerprint density at radius 1 is 1.28 bits per heavy atom. The maximum absolute atomic E-state index is 12.8. The maximum Gasteiger partial charge on any atom is 0.254 e. The van der Waals surface area contributed by atoms with Crippen LogP contribution in [0, 0.1) is 0 Å². The molecule has 1 aliphatic heterocycles. The minimum Gasteiger partial charge on any atom is -0.383 e. The Hall–Kier alpha value is -1.57. The minimum atomic E-state index is -0.0564. The van der Waals surface area contributed by atoms with Gasteiger partial charge in [-0.25, -0.2) is 0 Å². The highest BCUT2D eigenvalue weighted by Gasteiger charge is 2.24. The van der Waals surface area contributed by atoms with Gasteiger partial charge in [0.2, 0.25) is 5.91 Å². The lowest BCUT2D eigenvalue weighted by Gasteiger charge is -2.32. The molecule has 2 rings (SSSR count). The highest BCUT2D eigenvalue weighted by molar-refractivity contribution is 8.00. The number of benzene rings is 1. The van der Waals surface area contributed by atoms with Crippen molar-refractivity contribution in [2.75, 3.05) is 46.2 Å². The number of piperidine rings is 1. The summed E-state index contributed by atoms with van der Waals surface area (Å²) in [6, 6.07) is 8.01. The van der Waals surface area contributed by atoms with Crippen LogP contribution in [0.25, 0.3) is 0 Å². The SMILES string of the molecule is CNC1CCN(C(=O)c2ccccc2SCC(=O)NCCOC)CC1. The third kappa shape index (κ3) is 6.02. The number of methoxy groups -OCH3 is 1. The summed E-state index contributed by atoms with van der Waals surface area (Å²) in [5, 5.41) is 6.06. The van der Waals surface area contributed by atoms with Crippen molar-refractivity contribution in [3.63, 3.8) is 0 Å². The van der Waals surface area contributed by atoms with Crippen molar-refractivity contribution in [2.45, 2.75) is 23.8 Å². The van der Waals surface area contributed by atoms with Gasteiger partial charge in [-0.3, -0.25) is 9.59 Å². The van der Waals surface area contributed by atoms with Gasteiger partial charge in [-0.15, -0.1) is 11.8 Å². The predicted molar refractivity (Wildman–Crippen MR) is 100 cm³/mol. The van der Waals surface area contributed by atoms with Crippen molar-refractivity contribution in [2.24, 2.45) is 0 Å². The number of amides is 2. The molecule has 1 saturated heterocycles. The van der Waals surface area contributed by atoms with E-state index in [9.17, 15) is 9.59 Å². The van der Waals surface area contributed by atoms with Crippen LogP contribution in [0.1, 0.15) is 23.2 Å². The summed E-state index contributed by atoms with van der Waals surface area (Å²) in [5.41, 5.74) is 0.681. The zero-order chi connectivity index (χ0) is 18.1. The number of nitrogens with one attached hydrogen (secondary N) is 2. The lowest BCUT2D eigenvalue weighted by atomic mass is 10.0. The van der Waals surface area contributed by atoms with Gasteiger partial charge in [0.1, 0.15) is 0 Å². The Morgan fingerprint density at radius 3 is 2.68 bits per heavy atom. The predicted octanol–water partition coefficient (Wildman–Crippen LogP) is 1.37. The van der Waals surface area contributed by atoms with Crippen molar-refractivity contribution < 1.29 is 14.3 Å². The van der Waals surface area contributed by atoms with Gasteiger partial charge in [-0.05, 0) is 32.0 Å². The van der Waals surface area contributed by atoms with E-state index in [0.29, 0.717) is 24.8 Å². The molecule has 0 radical (unpaired) electrons. The molecule has 138 valence electrons. The van der Waals surface area contributed by atoms with Crippen LogP contribution in [0.2, 0.25) is 0 Å². The molecule has 0 bridgehead atoms. The molecule has 2 amide bonds. The van der Waals surface area contributed by atoms with E-state index in [-0.39, 0.29) is 17.6 Å². The first kappa shape index (κ1) is 19.8. The van der Waals surface area contributed by atoms with Crippen molar-refractivity contribution in [1.29, 1.82) is 0 Å². The molecule has 2 N–H and O–H groups in total. The van der Waals surface area contributed by atoms with Gasteiger partial charge < -0.3 is 20.3 Å². The first-order chi connectivity index (χ1) is 12.2. The number of ether oxygens (including phenoxy) is 1. The highest BCUT2D eigenvalue weighted by atomic mass is 32.2. The molecule has 0 spiro atoms. The lowest BCUT2D eigenvalue weighted by molar-refractivity contribution is -0.118. The summed E-state index contributed by atoms with van der Waals surface area (Å²) in [5.74, 6) is 0.284. The standard InChI is InChI=1S/C18H27N3O3S/c1-19-14-7-10-21(11-8-14)18(23)15-5-3-4-6-16(15)25-13-17(22)20-9-12-24-2/h3-6,14,19H,7-13H2,1-2H3,(H,20,22). The Morgan fingerprint density at radius 2 is 2.00 bits per heavy atom. The monoisotopic (exact) mass is 365 g/mol. The van der Waals surface area contributed by atoms with E-state index in [4.69, 9.17) is 4.74 Å². The second-order valence-corrected chi connectivity index (χ2v) is 7.00. The van der Waals surface area contributed by atoms with E-state index in [0.717, 1.165) is 30.8 Å². The third-order valence-electron chi connectivity index (χ3n) is 4.30. The molecule has 0 unspecified atom stereocenters. The van der Waals surface area contributed by atoms with Gasteiger partial charge in [-0.1, -0.05) is 12.1 Å². The molecule has 1 aromatic carbocycles. The summed E-state index contributed by atoms with van der Waals surface area (Å²) in [6.45, 7) is 2.52. The minimum absolute atomic E-state index is 0.0532. The Labute approximate surface area is 153 Å². The molecule has 0 atom stereocenters. The second kappa shape index (κ2) is 10.4. The number of carbonyl (C=O) groups excluding carboxylic acids is 2. The van der Waals surface area contributed by atoms with Crippen LogP contribution in [0.4, 0.5) is 0 Å². The molecule has 6 nitrogen and oxygen atoms in total. The van der Waals surface area contributed by atoms with Gasteiger partial charge in [0.05, 0.1) is 17.9 Å². The fourth-order valence-corrected chi connectivity index (χ4v) is 3.67. The van der Waals surface area contributed by atoms with Gasteiger partial charge in [0.25, 0.3) is 5.91 Å². The van der Waals surface area contributed by atoms with E-state index < -0.39 is 0 Å². The van der Waals surface area contributed by atoms with Crippen molar-refractivity contribution in [3.8, 4) is 0 Å². The topological polar surface area (TPSA) is 70.7 Å². The summed E-state index contributed by atoms with van der Waals surface area (Å²) in [6.07, 6.45) is 1.94. The van der Waals surface area contributed by atoms with Crippen molar-refractivity contribution in [3.05, 3.63) is 29.8 Å². The normalized spacial score (nSPS) is 15.2. The molecule has 0 saturated carbocycles. The molecule has 0 aromatic heterocycles. The Bertz CT molecular complexity index is 574. The number of nitrogens with zero attached hydrogens (tertiary/aromatic N) is 1. The largest absolute Gasteiger partial charge is 0.383 e. The Kier molecular flexibility index (Phi) is 8.24. The zero-order valence-corrected chi connectivity index (χ0v) is 15.7. The quantitative estimate of drug-likeness (QED) is 0.538. The van der Waals surface area contributed by atoms with Crippen LogP contribution in [-0.2, 0) is 9.53 Å². The fourth-order valence-electron chi connectivity index (χ4n) is 2.80. The molecule has 1 fully saturated rings. The van der Waals surface area contributed by atoms with E-state index in [1.165, 1.54) is 11.8 Å². The number of likely N-dealkylation sites (tertiary alicyclic amines) is 1. The van der Waals surface area contributed by atoms with Crippen LogP contribution in [0.5, 0.6) is 0 Å². The van der Waals surface area contributed by atoms with Gasteiger partial charge in [0.15, 0.2) is 0 Å². The van der Waals surface area contributed by atoms with Crippen LogP contribution in [0.3, 0.4) is 0 Å². The van der Waals surface area contributed by atoms with Crippen LogP contribution in [-0.4, -0.2) is 68.9 Å². The number of carbonyl (C=O) groups is 2. The third-order valence-corrected chi connectivity index (χ3v) is 5.37. The van der Waals surface area contributed by atoms with Gasteiger partial charge in [0, 0.05) is 37.7 Å². The first-order valence-electron chi connectivity index (χ1n) is 8.59. The number of thioether (sulfide) groups is 1. The molecular formula is C18H27N3O3S. The highest BCUT2D eigenvalue weighted by Crippen LogP contribution is 2.25. The van der Waals surface area contributed by atoms with E-state index >= 15 is 0 Å². The van der Waals surface area contributed by atoms with E-state index in [1.807, 2.05) is 36.2 Å². The van der Waals surface area contributed by atoms with Crippen LogP contribution < -0.4 is 10.6 Å². The average Bonchev–Trinajstić information content (AvgIpc) is 2.66. The lowest BCUT2D eigenvalue weighted by Crippen LogP contribution is -2.44. The van der Waals surface area contributed by atoms with Gasteiger partial charge >= 0.3 is 0 Å². The molecule has 1 heterocycles. The molecule has 7 heteroatoms. The zero-order valence-electron chi connectivity index (χ0n) is 14.9. The number of hydrogen-bond donors (Lipinski definition) is 2. The second-order valence-electron chi connectivity index (χ2n) is 5.98. The average molecular weight is 365 g/mol.